The molecule has 0 saturated carbocycles. The molecule has 0 fully saturated rings. The van der Waals surface area contributed by atoms with Gasteiger partial charge in [0.2, 0.25) is 0 Å². The van der Waals surface area contributed by atoms with E-state index in [0.717, 1.165) is 23.8 Å². The van der Waals surface area contributed by atoms with E-state index >= 15 is 0 Å². The summed E-state index contributed by atoms with van der Waals surface area (Å²) in [5.41, 5.74) is -0.0747. The quantitative estimate of drug-likeness (QED) is 0.872. The predicted molar refractivity (Wildman–Crippen MR) is 93.5 cm³/mol. The molecule has 7 heteroatoms. The van der Waals surface area contributed by atoms with Crippen LogP contribution in [-0.2, 0) is 6.54 Å². The van der Waals surface area contributed by atoms with Crippen LogP contribution in [0.25, 0.3) is 0 Å². The van der Waals surface area contributed by atoms with Crippen molar-refractivity contribution in [3.8, 4) is 11.5 Å². The van der Waals surface area contributed by atoms with Crippen molar-refractivity contribution in [3.05, 3.63) is 53.6 Å². The smallest absolute Gasteiger partial charge is 0.322 e. The monoisotopic (exact) mass is 362 g/mol. The number of ether oxygens (including phenoxy) is 2. The second kappa shape index (κ2) is 6.82. The second-order valence-electron chi connectivity index (χ2n) is 6.75. The number of halogens is 2. The van der Waals surface area contributed by atoms with Gasteiger partial charge in [0.05, 0.1) is 25.9 Å². The first-order valence-corrected chi connectivity index (χ1v) is 8.14. The van der Waals surface area contributed by atoms with Crippen LogP contribution in [0.4, 0.5) is 19.3 Å². The maximum Gasteiger partial charge on any atom is 0.322 e. The number of anilines is 1. The number of methoxy groups -OCH3 is 1. The van der Waals surface area contributed by atoms with Crippen LogP contribution in [0, 0.1) is 11.6 Å². The van der Waals surface area contributed by atoms with E-state index in [1.807, 2.05) is 19.9 Å². The zero-order valence-corrected chi connectivity index (χ0v) is 14.8. The minimum atomic E-state index is -0.699. The van der Waals surface area contributed by atoms with Gasteiger partial charge in [0.1, 0.15) is 28.7 Å². The van der Waals surface area contributed by atoms with E-state index in [-0.39, 0.29) is 18.8 Å². The van der Waals surface area contributed by atoms with Crippen LogP contribution in [0.15, 0.2) is 36.4 Å². The van der Waals surface area contributed by atoms with Crippen LogP contribution in [-0.4, -0.2) is 30.2 Å². The Bertz CT molecular complexity index is 840. The van der Waals surface area contributed by atoms with Gasteiger partial charge in [0.15, 0.2) is 0 Å². The molecule has 3 rings (SSSR count). The van der Waals surface area contributed by atoms with Gasteiger partial charge in [-0.3, -0.25) is 0 Å². The van der Waals surface area contributed by atoms with Gasteiger partial charge in [-0.2, -0.15) is 0 Å². The first kappa shape index (κ1) is 18.0. The Morgan fingerprint density at radius 1 is 1.23 bits per heavy atom. The summed E-state index contributed by atoms with van der Waals surface area (Å²) in [7, 11) is 1.57. The molecular weight excluding hydrogens is 342 g/mol. The normalized spacial score (nSPS) is 15.5. The summed E-state index contributed by atoms with van der Waals surface area (Å²) in [6.45, 7) is 4.24. The summed E-state index contributed by atoms with van der Waals surface area (Å²) in [6.07, 6.45) is 0. The SMILES string of the molecule is COc1ccc2c(c1)OC(C)(C)CN(C(=O)Nc1cc(F)ccc1F)C2. The zero-order chi connectivity index (χ0) is 18.9. The van der Waals surface area contributed by atoms with E-state index in [9.17, 15) is 13.6 Å². The van der Waals surface area contributed by atoms with E-state index in [1.54, 1.807) is 19.2 Å². The maximum absolute atomic E-state index is 13.8. The third-order valence-corrected chi connectivity index (χ3v) is 4.05. The number of benzene rings is 2. The van der Waals surface area contributed by atoms with Gasteiger partial charge < -0.3 is 19.7 Å². The fraction of sp³-hybridized carbons (Fsp3) is 0.316. The first-order valence-electron chi connectivity index (χ1n) is 8.14. The van der Waals surface area contributed by atoms with Crippen molar-refractivity contribution >= 4 is 11.7 Å². The number of hydrogen-bond donors (Lipinski definition) is 1. The summed E-state index contributed by atoms with van der Waals surface area (Å²) in [4.78, 5) is 14.2. The molecule has 26 heavy (non-hydrogen) atoms. The van der Waals surface area contributed by atoms with Gasteiger partial charge in [-0.25, -0.2) is 13.6 Å². The molecule has 2 aromatic rings. The molecule has 0 radical (unpaired) electrons. The van der Waals surface area contributed by atoms with Gasteiger partial charge in [-0.1, -0.05) is 0 Å². The fourth-order valence-corrected chi connectivity index (χ4v) is 2.87. The van der Waals surface area contributed by atoms with Crippen LogP contribution < -0.4 is 14.8 Å². The summed E-state index contributed by atoms with van der Waals surface area (Å²) in [6, 6.07) is 7.76. The highest BCUT2D eigenvalue weighted by molar-refractivity contribution is 5.89. The zero-order valence-electron chi connectivity index (χ0n) is 14.8. The standard InChI is InChI=1S/C19H20F2N2O3/c1-19(2)11-23(10-12-4-6-14(25-3)9-17(12)26-19)18(24)22-16-8-13(20)5-7-15(16)21/h4-9H,10-11H2,1-3H3,(H,22,24). The first-order chi connectivity index (χ1) is 12.3. The lowest BCUT2D eigenvalue weighted by atomic mass is 10.1. The lowest BCUT2D eigenvalue weighted by Crippen LogP contribution is -2.44. The topological polar surface area (TPSA) is 50.8 Å². The number of amides is 2. The Balaban J connectivity index is 1.86. The molecule has 138 valence electrons. The molecule has 0 aromatic heterocycles. The molecule has 0 atom stereocenters. The molecule has 1 aliphatic heterocycles. The average Bonchev–Trinajstić information content (AvgIpc) is 2.71. The largest absolute Gasteiger partial charge is 0.497 e. The predicted octanol–water partition coefficient (Wildman–Crippen LogP) is 4.18. The summed E-state index contributed by atoms with van der Waals surface area (Å²) < 4.78 is 38.4. The number of nitrogens with one attached hydrogen (secondary N) is 1. The minimum Gasteiger partial charge on any atom is -0.497 e. The fourth-order valence-electron chi connectivity index (χ4n) is 2.87. The molecule has 2 amide bonds. The lowest BCUT2D eigenvalue weighted by molar-refractivity contribution is 0.0833. The van der Waals surface area contributed by atoms with E-state index in [2.05, 4.69) is 5.32 Å². The third kappa shape index (κ3) is 3.87. The van der Waals surface area contributed by atoms with Crippen molar-refractivity contribution in [2.45, 2.75) is 26.0 Å². The van der Waals surface area contributed by atoms with E-state index in [0.29, 0.717) is 11.5 Å². The van der Waals surface area contributed by atoms with Gasteiger partial charge in [-0.05, 0) is 38.1 Å². The van der Waals surface area contributed by atoms with Gasteiger partial charge >= 0.3 is 6.03 Å². The molecule has 1 aliphatic rings. The van der Waals surface area contributed by atoms with Gasteiger partial charge in [0.25, 0.3) is 0 Å². The van der Waals surface area contributed by atoms with Crippen LogP contribution in [0.2, 0.25) is 0 Å². The molecule has 2 aromatic carbocycles. The Hall–Kier alpha value is -2.83. The number of nitrogens with zero attached hydrogens (tertiary/aromatic N) is 1. The molecule has 0 aliphatic carbocycles. The number of urea groups is 1. The highest BCUT2D eigenvalue weighted by Gasteiger charge is 2.32. The highest BCUT2D eigenvalue weighted by Crippen LogP contribution is 2.33. The molecule has 0 bridgehead atoms. The summed E-state index contributed by atoms with van der Waals surface area (Å²) in [5.74, 6) is -0.0465. The van der Waals surface area contributed by atoms with E-state index in [4.69, 9.17) is 9.47 Å². The molecular formula is C19H20F2N2O3. The number of hydrogen-bond acceptors (Lipinski definition) is 3. The molecule has 1 heterocycles. The van der Waals surface area contributed by atoms with Gasteiger partial charge in [-0.15, -0.1) is 0 Å². The van der Waals surface area contributed by atoms with Crippen LogP contribution in [0.3, 0.4) is 0 Å². The van der Waals surface area contributed by atoms with Crippen molar-refractivity contribution in [3.63, 3.8) is 0 Å². The Kier molecular flexibility index (Phi) is 4.71. The van der Waals surface area contributed by atoms with Crippen LogP contribution >= 0.6 is 0 Å². The maximum atomic E-state index is 13.8. The second-order valence-corrected chi connectivity index (χ2v) is 6.75. The summed E-state index contributed by atoms with van der Waals surface area (Å²) >= 11 is 0. The average molecular weight is 362 g/mol. The molecule has 0 saturated heterocycles. The number of rotatable bonds is 2. The molecule has 5 nitrogen and oxygen atoms in total. The Labute approximate surface area is 150 Å². The Morgan fingerprint density at radius 2 is 2.00 bits per heavy atom. The van der Waals surface area contributed by atoms with E-state index < -0.39 is 23.3 Å². The van der Waals surface area contributed by atoms with Crippen LogP contribution in [0.1, 0.15) is 19.4 Å². The Morgan fingerprint density at radius 3 is 2.73 bits per heavy atom. The summed E-state index contributed by atoms with van der Waals surface area (Å²) in [5, 5.41) is 2.43. The highest BCUT2D eigenvalue weighted by atomic mass is 19.1. The molecule has 0 spiro atoms. The van der Waals surface area contributed by atoms with Crippen molar-refractivity contribution < 1.29 is 23.0 Å². The minimum absolute atomic E-state index is 0.201. The van der Waals surface area contributed by atoms with Gasteiger partial charge in [0, 0.05) is 17.7 Å². The number of fused-ring (bicyclic) bond motifs is 1. The lowest BCUT2D eigenvalue weighted by Gasteiger charge is -2.29. The molecule has 1 N–H and O–H groups in total. The van der Waals surface area contributed by atoms with Crippen molar-refractivity contribution in [1.29, 1.82) is 0 Å². The van der Waals surface area contributed by atoms with E-state index in [1.165, 1.54) is 4.90 Å². The number of carbonyl (C=O) groups excluding carboxylic acids is 1. The van der Waals surface area contributed by atoms with Crippen molar-refractivity contribution in [2.75, 3.05) is 19.0 Å². The van der Waals surface area contributed by atoms with Crippen LogP contribution in [0.5, 0.6) is 11.5 Å². The third-order valence-electron chi connectivity index (χ3n) is 4.05. The molecule has 0 unspecified atom stereocenters. The van der Waals surface area contributed by atoms with Crippen molar-refractivity contribution in [2.24, 2.45) is 0 Å². The number of carbonyl (C=O) groups is 1. The van der Waals surface area contributed by atoms with Crippen molar-refractivity contribution in [1.82, 2.24) is 4.90 Å².